The van der Waals surface area contributed by atoms with Crippen LogP contribution >= 0.6 is 0 Å². The average molecular weight is 328 g/mol. The monoisotopic (exact) mass is 328 g/mol. The van der Waals surface area contributed by atoms with Crippen molar-refractivity contribution in [3.8, 4) is 22.4 Å². The number of nitrogens with zero attached hydrogens (tertiary/aromatic N) is 1. The molecule has 0 aliphatic rings. The quantitative estimate of drug-likeness (QED) is 0.799. The van der Waals surface area contributed by atoms with Crippen molar-refractivity contribution in [1.29, 1.82) is 0 Å². The predicted molar refractivity (Wildman–Crippen MR) is 88.2 cm³/mol. The lowest BCUT2D eigenvalue weighted by atomic mass is 9.96. The Morgan fingerprint density at radius 1 is 0.913 bits per heavy atom. The molecule has 0 radical (unpaired) electrons. The second kappa shape index (κ2) is 5.64. The normalized spacial score (nSPS) is 11.6. The molecule has 0 saturated heterocycles. The third-order valence-electron chi connectivity index (χ3n) is 3.82. The molecule has 0 bridgehead atoms. The summed E-state index contributed by atoms with van der Waals surface area (Å²) >= 11 is 0. The highest BCUT2D eigenvalue weighted by molar-refractivity contribution is 7.89. The van der Waals surface area contributed by atoms with Gasteiger partial charge in [-0.15, -0.1) is 0 Å². The van der Waals surface area contributed by atoms with Crippen molar-refractivity contribution in [2.75, 3.05) is 0 Å². The molecule has 0 aliphatic carbocycles. The first-order valence-corrected chi connectivity index (χ1v) is 8.58. The molecule has 2 aromatic carbocycles. The maximum Gasteiger partial charge on any atom is 0.238 e. The van der Waals surface area contributed by atoms with Crippen LogP contribution in [-0.2, 0) is 10.0 Å². The zero-order chi connectivity index (χ0) is 16.6. The van der Waals surface area contributed by atoms with E-state index in [9.17, 15) is 8.42 Å². The minimum atomic E-state index is -3.83. The third-order valence-corrected chi connectivity index (χ3v) is 4.79. The average Bonchev–Trinajstić information content (AvgIpc) is 2.86. The molecular weight excluding hydrogens is 312 g/mol. The van der Waals surface area contributed by atoms with Crippen molar-refractivity contribution in [3.05, 3.63) is 59.9 Å². The molecule has 5 nitrogen and oxygen atoms in total. The summed E-state index contributed by atoms with van der Waals surface area (Å²) in [4.78, 5) is 0.0883. The summed E-state index contributed by atoms with van der Waals surface area (Å²) in [5.41, 5.74) is 3.71. The molecular formula is C17H16N2O3S. The predicted octanol–water partition coefficient (Wildman–Crippen LogP) is 3.27. The maximum atomic E-state index is 11.9. The molecule has 2 N–H and O–H groups in total. The van der Waals surface area contributed by atoms with Gasteiger partial charge in [0.15, 0.2) is 0 Å². The molecule has 0 spiro atoms. The summed E-state index contributed by atoms with van der Waals surface area (Å²) in [6.45, 7) is 3.76. The number of sulfonamides is 1. The van der Waals surface area contributed by atoms with Gasteiger partial charge in [0.2, 0.25) is 10.0 Å². The molecule has 0 amide bonds. The fourth-order valence-corrected chi connectivity index (χ4v) is 3.28. The number of aryl methyl sites for hydroxylation is 1. The number of hydrogen-bond acceptors (Lipinski definition) is 4. The van der Waals surface area contributed by atoms with E-state index in [4.69, 9.17) is 9.66 Å². The van der Waals surface area contributed by atoms with Crippen molar-refractivity contribution >= 4 is 10.0 Å². The summed E-state index contributed by atoms with van der Waals surface area (Å²) in [5.74, 6) is 0.731. The molecule has 0 unspecified atom stereocenters. The van der Waals surface area contributed by atoms with Crippen LogP contribution in [0, 0.1) is 13.8 Å². The van der Waals surface area contributed by atoms with Crippen LogP contribution in [0.1, 0.15) is 11.3 Å². The lowest BCUT2D eigenvalue weighted by Gasteiger charge is -2.11. The smallest absolute Gasteiger partial charge is 0.238 e. The van der Waals surface area contributed by atoms with Crippen LogP contribution in [0.25, 0.3) is 22.4 Å². The highest BCUT2D eigenvalue weighted by atomic mass is 32.2. The van der Waals surface area contributed by atoms with Crippen LogP contribution in [-0.4, -0.2) is 13.6 Å². The summed E-state index contributed by atoms with van der Waals surface area (Å²) in [7, 11) is -3.83. The molecule has 0 aliphatic heterocycles. The first-order chi connectivity index (χ1) is 10.9. The van der Waals surface area contributed by atoms with Crippen molar-refractivity contribution in [2.24, 2.45) is 5.14 Å². The van der Waals surface area contributed by atoms with Crippen molar-refractivity contribution < 1.29 is 12.9 Å². The first kappa shape index (κ1) is 15.5. The fourth-order valence-electron chi connectivity index (χ4n) is 2.53. The minimum Gasteiger partial charge on any atom is -0.361 e. The van der Waals surface area contributed by atoms with E-state index >= 15 is 0 Å². The Bertz CT molecular complexity index is 975. The van der Waals surface area contributed by atoms with Crippen molar-refractivity contribution in [3.63, 3.8) is 0 Å². The van der Waals surface area contributed by atoms with E-state index in [0.29, 0.717) is 11.3 Å². The Morgan fingerprint density at radius 2 is 1.48 bits per heavy atom. The van der Waals surface area contributed by atoms with Gasteiger partial charge >= 0.3 is 0 Å². The first-order valence-electron chi connectivity index (χ1n) is 7.04. The van der Waals surface area contributed by atoms with Crippen LogP contribution in [0.15, 0.2) is 57.9 Å². The zero-order valence-electron chi connectivity index (χ0n) is 12.8. The Hall–Kier alpha value is -2.44. The van der Waals surface area contributed by atoms with E-state index in [1.54, 1.807) is 18.2 Å². The SMILES string of the molecule is Cc1onc(-c2ccccc2-c2ccccc2S(N)(=O)=O)c1C. The lowest BCUT2D eigenvalue weighted by Crippen LogP contribution is -2.13. The highest BCUT2D eigenvalue weighted by Gasteiger charge is 2.19. The number of aromatic nitrogens is 1. The van der Waals surface area contributed by atoms with Crippen LogP contribution in [0.4, 0.5) is 0 Å². The van der Waals surface area contributed by atoms with Crippen LogP contribution in [0.3, 0.4) is 0 Å². The second-order valence-electron chi connectivity index (χ2n) is 5.30. The van der Waals surface area contributed by atoms with Gasteiger partial charge in [-0.2, -0.15) is 0 Å². The number of benzene rings is 2. The standard InChI is InChI=1S/C17H16N2O3S/c1-11-12(2)22-19-17(11)15-9-4-3-7-13(15)14-8-5-6-10-16(14)23(18,20)21/h3-10H,1-2H3,(H2,18,20,21). The molecule has 0 fully saturated rings. The number of rotatable bonds is 3. The summed E-state index contributed by atoms with van der Waals surface area (Å²) in [5, 5.41) is 9.46. The molecule has 0 saturated carbocycles. The van der Waals surface area contributed by atoms with Gasteiger partial charge in [0.1, 0.15) is 11.5 Å². The minimum absolute atomic E-state index is 0.0883. The van der Waals surface area contributed by atoms with Crippen LogP contribution in [0.5, 0.6) is 0 Å². The lowest BCUT2D eigenvalue weighted by molar-refractivity contribution is 0.399. The Morgan fingerprint density at radius 3 is 2.04 bits per heavy atom. The second-order valence-corrected chi connectivity index (χ2v) is 6.83. The number of primary sulfonamides is 1. The van der Waals surface area contributed by atoms with Gasteiger partial charge in [-0.3, -0.25) is 0 Å². The van der Waals surface area contributed by atoms with Crippen molar-refractivity contribution in [1.82, 2.24) is 5.16 Å². The van der Waals surface area contributed by atoms with Gasteiger partial charge in [0.25, 0.3) is 0 Å². The van der Waals surface area contributed by atoms with Gasteiger partial charge in [0, 0.05) is 16.7 Å². The highest BCUT2D eigenvalue weighted by Crippen LogP contribution is 2.36. The molecule has 6 heteroatoms. The van der Waals surface area contributed by atoms with Crippen LogP contribution in [0.2, 0.25) is 0 Å². The third kappa shape index (κ3) is 2.78. The van der Waals surface area contributed by atoms with E-state index in [0.717, 1.165) is 22.5 Å². The summed E-state index contributed by atoms with van der Waals surface area (Å²) in [6.07, 6.45) is 0. The number of hydrogen-bond donors (Lipinski definition) is 1. The van der Waals surface area contributed by atoms with Gasteiger partial charge in [-0.05, 0) is 25.5 Å². The van der Waals surface area contributed by atoms with Gasteiger partial charge in [0.05, 0.1) is 4.90 Å². The Labute approximate surface area is 134 Å². The van der Waals surface area contributed by atoms with E-state index in [1.165, 1.54) is 6.07 Å². The largest absolute Gasteiger partial charge is 0.361 e. The molecule has 1 aromatic heterocycles. The fraction of sp³-hybridized carbons (Fsp3) is 0.118. The molecule has 0 atom stereocenters. The van der Waals surface area contributed by atoms with Gasteiger partial charge in [-0.1, -0.05) is 47.6 Å². The van der Waals surface area contributed by atoms with Gasteiger partial charge < -0.3 is 4.52 Å². The molecule has 118 valence electrons. The topological polar surface area (TPSA) is 86.2 Å². The summed E-state index contributed by atoms with van der Waals surface area (Å²) < 4.78 is 29.0. The maximum absolute atomic E-state index is 11.9. The Kier molecular flexibility index (Phi) is 3.79. The number of nitrogens with two attached hydrogens (primary N) is 1. The molecule has 23 heavy (non-hydrogen) atoms. The molecule has 3 rings (SSSR count). The van der Waals surface area contributed by atoms with E-state index in [-0.39, 0.29) is 4.90 Å². The Balaban J connectivity index is 2.31. The van der Waals surface area contributed by atoms with E-state index in [2.05, 4.69) is 5.16 Å². The molecule has 3 aromatic rings. The van der Waals surface area contributed by atoms with E-state index in [1.807, 2.05) is 38.1 Å². The summed E-state index contributed by atoms with van der Waals surface area (Å²) in [6, 6.07) is 14.1. The van der Waals surface area contributed by atoms with E-state index < -0.39 is 10.0 Å². The van der Waals surface area contributed by atoms with Crippen molar-refractivity contribution in [2.45, 2.75) is 18.7 Å². The van der Waals surface area contributed by atoms with Gasteiger partial charge in [-0.25, -0.2) is 13.6 Å². The zero-order valence-corrected chi connectivity index (χ0v) is 13.6. The molecule has 1 heterocycles. The van der Waals surface area contributed by atoms with Crippen LogP contribution < -0.4 is 5.14 Å².